The number of aromatic nitrogens is 2. The molecule has 1 aliphatic rings. The van der Waals surface area contributed by atoms with Crippen molar-refractivity contribution in [3.8, 4) is 26.9 Å². The monoisotopic (exact) mass is 505 g/mol. The Kier molecular flexibility index (Phi) is 8.38. The minimum absolute atomic E-state index is 0. The second-order valence-electron chi connectivity index (χ2n) is 8.60. The van der Waals surface area contributed by atoms with Crippen molar-refractivity contribution < 1.29 is 27.0 Å². The van der Waals surface area contributed by atoms with Crippen molar-refractivity contribution in [3.05, 3.63) is 52.5 Å². The normalized spacial score (nSPS) is 17.4. The van der Waals surface area contributed by atoms with Crippen molar-refractivity contribution >= 4 is 28.9 Å². The van der Waals surface area contributed by atoms with Gasteiger partial charge < -0.3 is 22.3 Å². The largest absolute Gasteiger partial charge is 1.00 e. The van der Waals surface area contributed by atoms with Crippen LogP contribution in [0.4, 0.5) is 0 Å². The second kappa shape index (κ2) is 10.9. The summed E-state index contributed by atoms with van der Waals surface area (Å²) in [6.07, 6.45) is 3.40. The number of nitrogens with zero attached hydrogens (tertiary/aromatic N) is 2. The molecule has 5 nitrogen and oxygen atoms in total. The summed E-state index contributed by atoms with van der Waals surface area (Å²) in [6, 6.07) is 12.0. The van der Waals surface area contributed by atoms with Crippen molar-refractivity contribution in [3.63, 3.8) is 0 Å². The van der Waals surface area contributed by atoms with Gasteiger partial charge in [-0.1, -0.05) is 48.1 Å². The Labute approximate surface area is 209 Å². The van der Waals surface area contributed by atoms with Gasteiger partial charge in [-0.15, -0.1) is 10.2 Å². The lowest BCUT2D eigenvalue weighted by atomic mass is 9.71. The van der Waals surface area contributed by atoms with Gasteiger partial charge in [-0.2, -0.15) is 0 Å². The van der Waals surface area contributed by atoms with Crippen LogP contribution in [0.5, 0.6) is 5.75 Å². The Morgan fingerprint density at radius 3 is 2.58 bits per heavy atom. The topological polar surface area (TPSA) is 72.3 Å². The predicted molar refractivity (Wildman–Crippen MR) is 128 cm³/mol. The van der Waals surface area contributed by atoms with Crippen molar-refractivity contribution in [2.24, 2.45) is 11.8 Å². The summed E-state index contributed by atoms with van der Waals surface area (Å²) < 4.78 is 5.72. The van der Waals surface area contributed by atoms with Gasteiger partial charge in [-0.25, -0.2) is 0 Å². The zero-order valence-corrected chi connectivity index (χ0v) is 21.2. The fraction of sp³-hybridized carbons (Fsp3) is 0.400. The molecule has 0 aliphatic heterocycles. The zero-order chi connectivity index (χ0) is 22.8. The third-order valence-electron chi connectivity index (χ3n) is 5.92. The molecule has 0 amide bonds. The molecule has 1 fully saturated rings. The molecule has 8 heteroatoms. The van der Waals surface area contributed by atoms with Crippen LogP contribution < -0.4 is 17.1 Å². The summed E-state index contributed by atoms with van der Waals surface area (Å²) in [7, 11) is 0. The number of hydrogen-bond acceptors (Lipinski definition) is 5. The van der Waals surface area contributed by atoms with Gasteiger partial charge in [0.2, 0.25) is 0 Å². The number of rotatable bonds is 8. The molecule has 0 unspecified atom stereocenters. The average molecular weight is 506 g/mol. The zero-order valence-electron chi connectivity index (χ0n) is 18.8. The maximum absolute atomic E-state index is 11.1. The van der Waals surface area contributed by atoms with Crippen LogP contribution in [0.1, 0.15) is 44.7 Å². The quantitative estimate of drug-likeness (QED) is 0.506. The van der Waals surface area contributed by atoms with E-state index in [9.17, 15) is 4.79 Å². The number of benzene rings is 2. The number of carboxylic acids is 1. The van der Waals surface area contributed by atoms with Gasteiger partial charge in [0.25, 0.3) is 0 Å². The van der Waals surface area contributed by atoms with Gasteiger partial charge in [0.15, 0.2) is 0 Å². The van der Waals surface area contributed by atoms with Crippen LogP contribution in [-0.2, 0) is 17.6 Å². The van der Waals surface area contributed by atoms with Crippen LogP contribution >= 0.6 is 22.9 Å². The Balaban J connectivity index is 0.00000306. The molecule has 1 N–H and O–H groups in total. The molecule has 4 rings (SSSR count). The van der Waals surface area contributed by atoms with Gasteiger partial charge in [-0.05, 0) is 74.8 Å². The standard InChI is InChI=1S/C25H27ClN2O3S.ClH/c1-4-19-16(10-15-11-18(12-15)25(29)30)6-5-7-20(19)24-28-27-23(32-24)17-8-9-22(21(26)13-17)31-14(2)3;/h5-9,13-15,18H,4,10-12H2,1-3H3,(H,29,30);1H/p-1. The Morgan fingerprint density at radius 1 is 1.21 bits per heavy atom. The van der Waals surface area contributed by atoms with E-state index in [1.165, 1.54) is 11.1 Å². The molecular formula is C25H27Cl2N2O3S-. The fourth-order valence-corrected chi connectivity index (χ4v) is 5.41. The van der Waals surface area contributed by atoms with E-state index >= 15 is 0 Å². The first-order chi connectivity index (χ1) is 15.4. The molecule has 1 heterocycles. The molecule has 3 aromatic rings. The average Bonchev–Trinajstić information content (AvgIpc) is 3.21. The second-order valence-corrected chi connectivity index (χ2v) is 9.98. The first kappa shape index (κ1) is 25.5. The van der Waals surface area contributed by atoms with Crippen LogP contribution in [0.2, 0.25) is 5.02 Å². The van der Waals surface area contributed by atoms with Crippen LogP contribution in [-0.4, -0.2) is 27.4 Å². The van der Waals surface area contributed by atoms with Crippen LogP contribution in [0, 0.1) is 11.8 Å². The van der Waals surface area contributed by atoms with Gasteiger partial charge in [-0.3, -0.25) is 4.79 Å². The van der Waals surface area contributed by atoms with Crippen LogP contribution in [0.25, 0.3) is 21.1 Å². The maximum Gasteiger partial charge on any atom is 0.306 e. The maximum atomic E-state index is 11.1. The van der Waals surface area contributed by atoms with E-state index in [2.05, 4.69) is 35.3 Å². The molecular weight excluding hydrogens is 479 g/mol. The number of halogens is 2. The first-order valence-corrected chi connectivity index (χ1v) is 12.2. The molecule has 1 aromatic heterocycles. The highest BCUT2D eigenvalue weighted by molar-refractivity contribution is 7.17. The van der Waals surface area contributed by atoms with E-state index in [0.29, 0.717) is 16.7 Å². The first-order valence-electron chi connectivity index (χ1n) is 11.0. The van der Waals surface area contributed by atoms with Gasteiger partial charge >= 0.3 is 5.97 Å². The highest BCUT2D eigenvalue weighted by Crippen LogP contribution is 2.39. The lowest BCUT2D eigenvalue weighted by molar-refractivity contribution is -0.146. The number of aliphatic carboxylic acids is 1. The molecule has 33 heavy (non-hydrogen) atoms. The molecule has 0 bridgehead atoms. The number of hydrogen-bond donors (Lipinski definition) is 1. The van der Waals surface area contributed by atoms with E-state index < -0.39 is 5.97 Å². The van der Waals surface area contributed by atoms with E-state index in [4.69, 9.17) is 21.4 Å². The summed E-state index contributed by atoms with van der Waals surface area (Å²) in [5.41, 5.74) is 4.58. The molecule has 2 aromatic carbocycles. The Morgan fingerprint density at radius 2 is 1.94 bits per heavy atom. The van der Waals surface area contributed by atoms with E-state index in [1.54, 1.807) is 11.3 Å². The van der Waals surface area contributed by atoms with Crippen molar-refractivity contribution in [2.75, 3.05) is 0 Å². The van der Waals surface area contributed by atoms with Gasteiger partial charge in [0.05, 0.1) is 17.0 Å². The van der Waals surface area contributed by atoms with E-state index in [1.807, 2.05) is 32.0 Å². The molecule has 0 saturated heterocycles. The smallest absolute Gasteiger partial charge is 0.306 e. The summed E-state index contributed by atoms with van der Waals surface area (Å²) >= 11 is 7.96. The molecule has 176 valence electrons. The van der Waals surface area contributed by atoms with E-state index in [0.717, 1.165) is 46.8 Å². The fourth-order valence-electron chi connectivity index (χ4n) is 4.29. The molecule has 1 saturated carbocycles. The molecule has 0 spiro atoms. The lowest BCUT2D eigenvalue weighted by Gasteiger charge is -2.33. The van der Waals surface area contributed by atoms with Gasteiger partial charge in [0, 0.05) is 11.1 Å². The Bertz CT molecular complexity index is 1130. The number of ether oxygens (including phenoxy) is 1. The minimum Gasteiger partial charge on any atom is -1.00 e. The van der Waals surface area contributed by atoms with Crippen molar-refractivity contribution in [2.45, 2.75) is 52.6 Å². The third-order valence-corrected chi connectivity index (χ3v) is 7.22. The number of carboxylic acid groups (broad SMARTS) is 1. The van der Waals surface area contributed by atoms with E-state index in [-0.39, 0.29) is 24.4 Å². The van der Waals surface area contributed by atoms with Crippen molar-refractivity contribution in [1.82, 2.24) is 10.2 Å². The summed E-state index contributed by atoms with van der Waals surface area (Å²) in [6.45, 7) is 6.09. The Hall–Kier alpha value is -2.15. The summed E-state index contributed by atoms with van der Waals surface area (Å²) in [4.78, 5) is 11.1. The highest BCUT2D eigenvalue weighted by Gasteiger charge is 2.34. The highest BCUT2D eigenvalue weighted by atomic mass is 35.5. The van der Waals surface area contributed by atoms with Gasteiger partial charge in [0.1, 0.15) is 15.8 Å². The minimum atomic E-state index is -0.670. The SMILES string of the molecule is CCc1c(CC2CC(C(=O)O)C2)cccc1-c1nnc(-c2ccc(OC(C)C)c(Cl)c2)s1.[Cl-]. The summed E-state index contributed by atoms with van der Waals surface area (Å²) in [5.74, 6) is 0.256. The molecule has 1 aliphatic carbocycles. The summed E-state index contributed by atoms with van der Waals surface area (Å²) in [5, 5.41) is 20.3. The molecule has 0 atom stereocenters. The van der Waals surface area contributed by atoms with Crippen LogP contribution in [0.15, 0.2) is 36.4 Å². The molecule has 0 radical (unpaired) electrons. The third kappa shape index (κ3) is 5.68. The number of carbonyl (C=O) groups is 1. The van der Waals surface area contributed by atoms with Crippen LogP contribution in [0.3, 0.4) is 0 Å². The predicted octanol–water partition coefficient (Wildman–Crippen LogP) is 3.53. The lowest BCUT2D eigenvalue weighted by Crippen LogP contribution is -3.00. The van der Waals surface area contributed by atoms with Crippen molar-refractivity contribution in [1.29, 1.82) is 0 Å².